The molecular formula is C22H28N4O2. The van der Waals surface area contributed by atoms with E-state index in [9.17, 15) is 4.79 Å². The summed E-state index contributed by atoms with van der Waals surface area (Å²) >= 11 is 0. The fourth-order valence-corrected chi connectivity index (χ4v) is 3.74. The number of pyridine rings is 1. The number of ether oxygens (including phenoxy) is 1. The van der Waals surface area contributed by atoms with Gasteiger partial charge in [-0.3, -0.25) is 4.79 Å². The smallest absolute Gasteiger partial charge is 0.255 e. The molecule has 2 heterocycles. The van der Waals surface area contributed by atoms with E-state index in [4.69, 9.17) is 4.74 Å². The standard InChI is InChI=1S/C22H28N4O2/c1-2-28-19-9-5-16(6-10-19)24-21-20(4-3-13-23-21)22(27)25-17-11-14-26(15-12-17)18-7-8-18/h3-6,9-10,13,17-18H,2,7-8,11-12,14-15H2,1H3,(H,23,24)(H,25,27). The van der Waals surface area contributed by atoms with E-state index in [1.807, 2.05) is 37.3 Å². The van der Waals surface area contributed by atoms with Gasteiger partial charge in [0.15, 0.2) is 0 Å². The third kappa shape index (κ3) is 4.62. The zero-order chi connectivity index (χ0) is 19.3. The van der Waals surface area contributed by atoms with Gasteiger partial charge >= 0.3 is 0 Å². The Labute approximate surface area is 166 Å². The lowest BCUT2D eigenvalue weighted by molar-refractivity contribution is 0.0909. The molecule has 2 N–H and O–H groups in total. The SMILES string of the molecule is CCOc1ccc(Nc2ncccc2C(=O)NC2CCN(C3CC3)CC2)cc1. The van der Waals surface area contributed by atoms with Crippen molar-refractivity contribution in [3.8, 4) is 5.75 Å². The Kier molecular flexibility index (Phi) is 5.76. The third-order valence-corrected chi connectivity index (χ3v) is 5.41. The molecule has 1 aromatic carbocycles. The number of anilines is 2. The maximum absolute atomic E-state index is 12.9. The van der Waals surface area contributed by atoms with Gasteiger partial charge in [-0.15, -0.1) is 0 Å². The van der Waals surface area contributed by atoms with Crippen molar-refractivity contribution in [2.75, 3.05) is 25.0 Å². The highest BCUT2D eigenvalue weighted by Gasteiger charge is 2.32. The summed E-state index contributed by atoms with van der Waals surface area (Å²) in [6.07, 6.45) is 6.41. The molecule has 148 valence electrons. The molecule has 0 atom stereocenters. The van der Waals surface area contributed by atoms with Gasteiger partial charge < -0.3 is 20.3 Å². The summed E-state index contributed by atoms with van der Waals surface area (Å²) in [6.45, 7) is 4.76. The summed E-state index contributed by atoms with van der Waals surface area (Å²) in [5, 5.41) is 6.46. The largest absolute Gasteiger partial charge is 0.494 e. The van der Waals surface area contributed by atoms with Crippen LogP contribution < -0.4 is 15.4 Å². The van der Waals surface area contributed by atoms with Crippen molar-refractivity contribution in [3.05, 3.63) is 48.2 Å². The lowest BCUT2D eigenvalue weighted by Crippen LogP contribution is -2.45. The molecule has 2 fully saturated rings. The molecule has 2 aromatic rings. The van der Waals surface area contributed by atoms with Crippen molar-refractivity contribution in [2.45, 2.75) is 44.7 Å². The van der Waals surface area contributed by atoms with Gasteiger partial charge in [0.05, 0.1) is 12.2 Å². The number of carbonyl (C=O) groups excluding carboxylic acids is 1. The number of piperidine rings is 1. The molecule has 0 spiro atoms. The number of aromatic nitrogens is 1. The monoisotopic (exact) mass is 380 g/mol. The second-order valence-corrected chi connectivity index (χ2v) is 7.50. The Morgan fingerprint density at radius 2 is 1.89 bits per heavy atom. The Morgan fingerprint density at radius 3 is 2.57 bits per heavy atom. The highest BCUT2D eigenvalue weighted by molar-refractivity contribution is 5.99. The van der Waals surface area contributed by atoms with Gasteiger partial charge in [-0.1, -0.05) is 0 Å². The van der Waals surface area contributed by atoms with E-state index >= 15 is 0 Å². The first-order valence-corrected chi connectivity index (χ1v) is 10.2. The van der Waals surface area contributed by atoms with Crippen LogP contribution in [0, 0.1) is 0 Å². The van der Waals surface area contributed by atoms with Crippen LogP contribution in [-0.2, 0) is 0 Å². The molecule has 6 heteroatoms. The average molecular weight is 380 g/mol. The summed E-state index contributed by atoms with van der Waals surface area (Å²) in [6, 6.07) is 12.3. The minimum absolute atomic E-state index is 0.0635. The minimum atomic E-state index is -0.0635. The molecule has 6 nitrogen and oxygen atoms in total. The fraction of sp³-hybridized carbons (Fsp3) is 0.455. The molecule has 0 bridgehead atoms. The minimum Gasteiger partial charge on any atom is -0.494 e. The third-order valence-electron chi connectivity index (χ3n) is 5.41. The van der Waals surface area contributed by atoms with Crippen molar-refractivity contribution < 1.29 is 9.53 Å². The van der Waals surface area contributed by atoms with E-state index in [-0.39, 0.29) is 11.9 Å². The van der Waals surface area contributed by atoms with E-state index in [2.05, 4.69) is 20.5 Å². The number of hydrogen-bond acceptors (Lipinski definition) is 5. The molecular weight excluding hydrogens is 352 g/mol. The number of nitrogens with one attached hydrogen (secondary N) is 2. The number of likely N-dealkylation sites (tertiary alicyclic amines) is 1. The second-order valence-electron chi connectivity index (χ2n) is 7.50. The summed E-state index contributed by atoms with van der Waals surface area (Å²) < 4.78 is 5.47. The van der Waals surface area contributed by atoms with Crippen LogP contribution in [0.1, 0.15) is 43.0 Å². The molecule has 1 amide bonds. The Morgan fingerprint density at radius 1 is 1.14 bits per heavy atom. The molecule has 1 aromatic heterocycles. The predicted octanol–water partition coefficient (Wildman–Crippen LogP) is 3.58. The predicted molar refractivity (Wildman–Crippen MR) is 110 cm³/mol. The molecule has 0 radical (unpaired) electrons. The van der Waals surface area contributed by atoms with Crippen molar-refractivity contribution in [2.24, 2.45) is 0 Å². The number of amides is 1. The molecule has 28 heavy (non-hydrogen) atoms. The zero-order valence-corrected chi connectivity index (χ0v) is 16.4. The van der Waals surface area contributed by atoms with Crippen molar-refractivity contribution in [1.82, 2.24) is 15.2 Å². The van der Waals surface area contributed by atoms with Gasteiger partial charge in [-0.25, -0.2) is 4.98 Å². The van der Waals surface area contributed by atoms with Crippen LogP contribution in [0.15, 0.2) is 42.6 Å². The molecule has 1 aliphatic carbocycles. The summed E-state index contributed by atoms with van der Waals surface area (Å²) in [5.74, 6) is 1.33. The van der Waals surface area contributed by atoms with E-state index < -0.39 is 0 Å². The molecule has 2 aliphatic rings. The van der Waals surface area contributed by atoms with Crippen LogP contribution in [0.25, 0.3) is 0 Å². The van der Waals surface area contributed by atoms with Crippen molar-refractivity contribution >= 4 is 17.4 Å². The van der Waals surface area contributed by atoms with Crippen LogP contribution in [0.3, 0.4) is 0 Å². The highest BCUT2D eigenvalue weighted by Crippen LogP contribution is 2.29. The first kappa shape index (κ1) is 18.7. The summed E-state index contributed by atoms with van der Waals surface area (Å²) in [5.41, 5.74) is 1.44. The first-order chi connectivity index (χ1) is 13.7. The number of hydrogen-bond donors (Lipinski definition) is 2. The van der Waals surface area contributed by atoms with Gasteiger partial charge in [0.25, 0.3) is 5.91 Å². The van der Waals surface area contributed by atoms with Crippen LogP contribution >= 0.6 is 0 Å². The Bertz CT molecular complexity index is 796. The lowest BCUT2D eigenvalue weighted by Gasteiger charge is -2.32. The van der Waals surface area contributed by atoms with E-state index in [0.717, 1.165) is 43.4 Å². The Hall–Kier alpha value is -2.60. The van der Waals surface area contributed by atoms with Gasteiger partial charge in [0.1, 0.15) is 11.6 Å². The van der Waals surface area contributed by atoms with Crippen LogP contribution in [0.2, 0.25) is 0 Å². The Balaban J connectivity index is 1.38. The lowest BCUT2D eigenvalue weighted by atomic mass is 10.0. The summed E-state index contributed by atoms with van der Waals surface area (Å²) in [7, 11) is 0. The quantitative estimate of drug-likeness (QED) is 0.769. The maximum Gasteiger partial charge on any atom is 0.255 e. The van der Waals surface area contributed by atoms with E-state index in [1.165, 1.54) is 12.8 Å². The van der Waals surface area contributed by atoms with Crippen LogP contribution in [0.5, 0.6) is 5.75 Å². The number of carbonyl (C=O) groups is 1. The highest BCUT2D eigenvalue weighted by atomic mass is 16.5. The van der Waals surface area contributed by atoms with Gasteiger partial charge in [0.2, 0.25) is 0 Å². The molecule has 1 aliphatic heterocycles. The van der Waals surface area contributed by atoms with Gasteiger partial charge in [-0.05, 0) is 69.0 Å². The zero-order valence-electron chi connectivity index (χ0n) is 16.4. The number of nitrogens with zero attached hydrogens (tertiary/aromatic N) is 2. The summed E-state index contributed by atoms with van der Waals surface area (Å²) in [4.78, 5) is 19.8. The van der Waals surface area contributed by atoms with Gasteiger partial charge in [0, 0.05) is 37.1 Å². The molecule has 0 unspecified atom stereocenters. The van der Waals surface area contributed by atoms with Crippen molar-refractivity contribution in [1.29, 1.82) is 0 Å². The number of rotatable bonds is 7. The normalized spacial score (nSPS) is 17.9. The second kappa shape index (κ2) is 8.61. The maximum atomic E-state index is 12.9. The van der Waals surface area contributed by atoms with Gasteiger partial charge in [-0.2, -0.15) is 0 Å². The molecule has 1 saturated heterocycles. The molecule has 1 saturated carbocycles. The average Bonchev–Trinajstić information content (AvgIpc) is 3.56. The van der Waals surface area contributed by atoms with Crippen molar-refractivity contribution in [3.63, 3.8) is 0 Å². The van der Waals surface area contributed by atoms with Crippen LogP contribution in [0.4, 0.5) is 11.5 Å². The topological polar surface area (TPSA) is 66.5 Å². The van der Waals surface area contributed by atoms with Crippen LogP contribution in [-0.4, -0.2) is 47.6 Å². The number of benzene rings is 1. The fourth-order valence-electron chi connectivity index (χ4n) is 3.74. The van der Waals surface area contributed by atoms with E-state index in [1.54, 1.807) is 12.3 Å². The first-order valence-electron chi connectivity index (χ1n) is 10.2. The van der Waals surface area contributed by atoms with E-state index in [0.29, 0.717) is 18.0 Å². The molecule has 4 rings (SSSR count).